The molecule has 1 nitrogen and oxygen atoms in total. The highest BCUT2D eigenvalue weighted by Gasteiger charge is 2.16. The van der Waals surface area contributed by atoms with Crippen molar-refractivity contribution in [3.63, 3.8) is 0 Å². The van der Waals surface area contributed by atoms with Gasteiger partial charge >= 0.3 is 0 Å². The molecular formula is C8H18FN. The third kappa shape index (κ3) is 2.65. The van der Waals surface area contributed by atoms with Crippen LogP contribution in [0.2, 0.25) is 0 Å². The molecular weight excluding hydrogens is 129 g/mol. The van der Waals surface area contributed by atoms with Crippen molar-refractivity contribution in [2.75, 3.05) is 19.6 Å². The minimum Gasteiger partial charge on any atom is -1.00 e. The predicted molar refractivity (Wildman–Crippen MR) is 39.6 cm³/mol. The molecule has 1 rings (SSSR count). The zero-order valence-corrected chi connectivity index (χ0v) is 6.99. The van der Waals surface area contributed by atoms with Crippen molar-refractivity contribution in [3.05, 3.63) is 0 Å². The van der Waals surface area contributed by atoms with Crippen LogP contribution in [0.5, 0.6) is 0 Å². The fourth-order valence-corrected chi connectivity index (χ4v) is 1.72. The van der Waals surface area contributed by atoms with E-state index in [1.807, 2.05) is 0 Å². The van der Waals surface area contributed by atoms with E-state index in [2.05, 4.69) is 13.8 Å². The van der Waals surface area contributed by atoms with E-state index in [4.69, 9.17) is 0 Å². The molecule has 0 saturated carbocycles. The van der Waals surface area contributed by atoms with Crippen LogP contribution in [0.1, 0.15) is 26.7 Å². The van der Waals surface area contributed by atoms with Crippen LogP contribution in [-0.4, -0.2) is 19.6 Å². The summed E-state index contributed by atoms with van der Waals surface area (Å²) in [6.07, 6.45) is 2.91. The maximum atomic E-state index is 2.37. The Morgan fingerprint density at radius 1 is 1.50 bits per heavy atom. The molecule has 0 aromatic rings. The van der Waals surface area contributed by atoms with Gasteiger partial charge in [0, 0.05) is 5.92 Å². The van der Waals surface area contributed by atoms with Crippen molar-refractivity contribution in [1.29, 1.82) is 0 Å². The van der Waals surface area contributed by atoms with Gasteiger partial charge in [0.25, 0.3) is 0 Å². The smallest absolute Gasteiger partial charge is 0.0796 e. The standard InChI is InChI=1S/C8H17N.FH/c1-3-9-6-4-5-8(2)7-9;/h8H,3-7H2,1-2H3;1H. The number of piperidine rings is 1. The van der Waals surface area contributed by atoms with Crippen LogP contribution in [0.3, 0.4) is 0 Å². The van der Waals surface area contributed by atoms with Crippen LogP contribution >= 0.6 is 0 Å². The highest BCUT2D eigenvalue weighted by Crippen LogP contribution is 2.04. The van der Waals surface area contributed by atoms with E-state index in [0.717, 1.165) is 5.92 Å². The first-order valence-corrected chi connectivity index (χ1v) is 4.16. The maximum absolute atomic E-state index is 2.37. The van der Waals surface area contributed by atoms with Gasteiger partial charge in [-0.2, -0.15) is 0 Å². The molecule has 0 aliphatic carbocycles. The van der Waals surface area contributed by atoms with E-state index in [1.54, 1.807) is 4.90 Å². The molecule has 1 fully saturated rings. The van der Waals surface area contributed by atoms with Gasteiger partial charge in [-0.3, -0.25) is 0 Å². The summed E-state index contributed by atoms with van der Waals surface area (Å²) in [5.74, 6) is 0.980. The summed E-state index contributed by atoms with van der Waals surface area (Å²) < 4.78 is 0. The van der Waals surface area contributed by atoms with Gasteiger partial charge in [-0.1, -0.05) is 6.92 Å². The van der Waals surface area contributed by atoms with Crippen molar-refractivity contribution in [3.8, 4) is 0 Å². The molecule has 2 heteroatoms. The Bertz CT molecular complexity index is 85.3. The molecule has 1 N–H and O–H groups in total. The second-order valence-corrected chi connectivity index (χ2v) is 3.31. The second-order valence-electron chi connectivity index (χ2n) is 3.31. The first-order chi connectivity index (χ1) is 4.33. The van der Waals surface area contributed by atoms with Crippen LogP contribution in [0.25, 0.3) is 0 Å². The minimum atomic E-state index is 0. The zero-order valence-electron chi connectivity index (χ0n) is 6.99. The van der Waals surface area contributed by atoms with E-state index in [1.165, 1.54) is 32.5 Å². The fourth-order valence-electron chi connectivity index (χ4n) is 1.72. The Hall–Kier alpha value is -0.110. The Kier molecular flexibility index (Phi) is 4.62. The molecule has 0 radical (unpaired) electrons. The van der Waals surface area contributed by atoms with Crippen molar-refractivity contribution >= 4 is 0 Å². The summed E-state index contributed by atoms with van der Waals surface area (Å²) in [6, 6.07) is 0. The number of nitrogens with one attached hydrogen (secondary N) is 1. The Morgan fingerprint density at radius 2 is 2.20 bits per heavy atom. The van der Waals surface area contributed by atoms with Gasteiger partial charge in [0.05, 0.1) is 19.6 Å². The number of halogens is 1. The first-order valence-electron chi connectivity index (χ1n) is 4.16. The molecule has 1 aliphatic rings. The molecule has 2 unspecified atom stereocenters. The van der Waals surface area contributed by atoms with Crippen LogP contribution < -0.4 is 9.60 Å². The largest absolute Gasteiger partial charge is 1.00 e. The molecule has 0 spiro atoms. The molecule has 62 valence electrons. The molecule has 10 heavy (non-hydrogen) atoms. The molecule has 0 aromatic carbocycles. The molecule has 1 heterocycles. The topological polar surface area (TPSA) is 4.44 Å². The average Bonchev–Trinajstić information content (AvgIpc) is 1.88. The van der Waals surface area contributed by atoms with E-state index in [-0.39, 0.29) is 4.70 Å². The quantitative estimate of drug-likeness (QED) is 0.412. The van der Waals surface area contributed by atoms with E-state index in [0.29, 0.717) is 0 Å². The van der Waals surface area contributed by atoms with Crippen LogP contribution in [0.15, 0.2) is 0 Å². The van der Waals surface area contributed by atoms with Crippen molar-refractivity contribution in [2.45, 2.75) is 26.7 Å². The summed E-state index contributed by atoms with van der Waals surface area (Å²) in [5.41, 5.74) is 0. The van der Waals surface area contributed by atoms with E-state index in [9.17, 15) is 0 Å². The number of rotatable bonds is 1. The third-order valence-electron chi connectivity index (χ3n) is 2.36. The lowest BCUT2D eigenvalue weighted by Crippen LogP contribution is -3.13. The third-order valence-corrected chi connectivity index (χ3v) is 2.36. The fraction of sp³-hybridized carbons (Fsp3) is 1.00. The van der Waals surface area contributed by atoms with E-state index >= 15 is 0 Å². The molecule has 2 atom stereocenters. The summed E-state index contributed by atoms with van der Waals surface area (Å²) in [5, 5.41) is 0. The number of hydrogen-bond acceptors (Lipinski definition) is 0. The van der Waals surface area contributed by atoms with Crippen LogP contribution in [0.4, 0.5) is 0 Å². The second kappa shape index (κ2) is 4.67. The Balaban J connectivity index is 0.000000810. The molecule has 1 saturated heterocycles. The summed E-state index contributed by atoms with van der Waals surface area (Å²) in [4.78, 5) is 1.80. The monoisotopic (exact) mass is 147 g/mol. The lowest BCUT2D eigenvalue weighted by molar-refractivity contribution is -0.906. The number of quaternary nitrogens is 1. The highest BCUT2D eigenvalue weighted by atomic mass is 19.0. The van der Waals surface area contributed by atoms with E-state index < -0.39 is 0 Å². The lowest BCUT2D eigenvalue weighted by atomic mass is 10.0. The number of likely N-dealkylation sites (tertiary alicyclic amines) is 1. The SMILES string of the molecule is CC[NH+]1CCCC(C)C1.[F-]. The van der Waals surface area contributed by atoms with Crippen molar-refractivity contribution in [1.82, 2.24) is 0 Å². The maximum Gasteiger partial charge on any atom is 0.0796 e. The van der Waals surface area contributed by atoms with Crippen molar-refractivity contribution in [2.24, 2.45) is 5.92 Å². The Morgan fingerprint density at radius 3 is 2.60 bits per heavy atom. The number of hydrogen-bond donors (Lipinski definition) is 1. The molecule has 0 bridgehead atoms. The first kappa shape index (κ1) is 9.89. The van der Waals surface area contributed by atoms with Gasteiger partial charge < -0.3 is 9.60 Å². The Labute approximate surface area is 62.8 Å². The lowest BCUT2D eigenvalue weighted by Gasteiger charge is -2.26. The van der Waals surface area contributed by atoms with Crippen molar-refractivity contribution < 1.29 is 9.60 Å². The minimum absolute atomic E-state index is 0. The summed E-state index contributed by atoms with van der Waals surface area (Å²) in [6.45, 7) is 8.81. The van der Waals surface area contributed by atoms with Gasteiger partial charge in [0.2, 0.25) is 0 Å². The predicted octanol–water partition coefficient (Wildman–Crippen LogP) is -2.67. The molecule has 1 aliphatic heterocycles. The molecule has 0 amide bonds. The van der Waals surface area contributed by atoms with Gasteiger partial charge in [0.1, 0.15) is 0 Å². The average molecular weight is 147 g/mol. The van der Waals surface area contributed by atoms with Gasteiger partial charge in [-0.15, -0.1) is 0 Å². The summed E-state index contributed by atoms with van der Waals surface area (Å²) >= 11 is 0. The molecule has 0 aromatic heterocycles. The van der Waals surface area contributed by atoms with Crippen LogP contribution in [-0.2, 0) is 0 Å². The summed E-state index contributed by atoms with van der Waals surface area (Å²) in [7, 11) is 0. The highest BCUT2D eigenvalue weighted by molar-refractivity contribution is 4.54. The van der Waals surface area contributed by atoms with Gasteiger partial charge in [-0.25, -0.2) is 0 Å². The van der Waals surface area contributed by atoms with Crippen LogP contribution in [0, 0.1) is 5.92 Å². The normalized spacial score (nSPS) is 33.0. The van der Waals surface area contributed by atoms with Gasteiger partial charge in [-0.05, 0) is 19.8 Å². The van der Waals surface area contributed by atoms with Gasteiger partial charge in [0.15, 0.2) is 0 Å². The zero-order chi connectivity index (χ0) is 6.69.